The fourth-order valence-electron chi connectivity index (χ4n) is 2.58. The zero-order valence-electron chi connectivity index (χ0n) is 9.85. The Morgan fingerprint density at radius 2 is 2.13 bits per heavy atom. The first-order valence-electron chi connectivity index (χ1n) is 5.91. The number of nitrogens with zero attached hydrogens (tertiary/aromatic N) is 4. The highest BCUT2D eigenvalue weighted by molar-refractivity contribution is 4.99. The number of aromatic nitrogens is 3. The minimum atomic E-state index is 0.408. The van der Waals surface area contributed by atoms with Crippen LogP contribution >= 0.6 is 0 Å². The van der Waals surface area contributed by atoms with Crippen molar-refractivity contribution in [2.24, 2.45) is 0 Å². The molecule has 2 heterocycles. The van der Waals surface area contributed by atoms with Gasteiger partial charge in [-0.25, -0.2) is 0 Å². The Morgan fingerprint density at radius 1 is 1.40 bits per heavy atom. The lowest BCUT2D eigenvalue weighted by Crippen LogP contribution is -2.43. The summed E-state index contributed by atoms with van der Waals surface area (Å²) in [6.45, 7) is 8.92. The summed E-state index contributed by atoms with van der Waals surface area (Å²) in [5.41, 5.74) is 0. The van der Waals surface area contributed by atoms with Crippen LogP contribution < -0.4 is 0 Å². The van der Waals surface area contributed by atoms with Crippen LogP contribution in [-0.4, -0.2) is 32.3 Å². The molecule has 0 saturated heterocycles. The monoisotopic (exact) mass is 208 g/mol. The van der Waals surface area contributed by atoms with E-state index in [4.69, 9.17) is 0 Å². The Morgan fingerprint density at radius 3 is 2.80 bits per heavy atom. The van der Waals surface area contributed by atoms with Gasteiger partial charge in [0.2, 0.25) is 0 Å². The first-order chi connectivity index (χ1) is 7.27. The van der Waals surface area contributed by atoms with E-state index in [0.717, 1.165) is 18.9 Å². The Kier molecular flexibility index (Phi) is 3.05. The van der Waals surface area contributed by atoms with Crippen LogP contribution in [0.15, 0.2) is 6.33 Å². The van der Waals surface area contributed by atoms with E-state index in [1.807, 2.05) is 6.33 Å². The fourth-order valence-corrected chi connectivity index (χ4v) is 2.58. The van der Waals surface area contributed by atoms with Crippen LogP contribution in [0.4, 0.5) is 0 Å². The molecule has 0 fully saturated rings. The fraction of sp³-hybridized carbons (Fsp3) is 0.818. The van der Waals surface area contributed by atoms with Gasteiger partial charge >= 0.3 is 0 Å². The second-order valence-corrected chi connectivity index (χ2v) is 4.27. The molecule has 4 nitrogen and oxygen atoms in total. The first-order valence-corrected chi connectivity index (χ1v) is 5.91. The number of fused-ring (bicyclic) bond motifs is 1. The Bertz CT molecular complexity index is 316. The molecule has 0 N–H and O–H groups in total. The Labute approximate surface area is 91.3 Å². The van der Waals surface area contributed by atoms with E-state index in [9.17, 15) is 0 Å². The summed E-state index contributed by atoms with van der Waals surface area (Å²) in [5, 5.41) is 8.20. The third-order valence-electron chi connectivity index (χ3n) is 3.53. The second-order valence-electron chi connectivity index (χ2n) is 4.27. The van der Waals surface area contributed by atoms with Gasteiger partial charge in [0, 0.05) is 19.1 Å². The lowest BCUT2D eigenvalue weighted by molar-refractivity contribution is 0.102. The summed E-state index contributed by atoms with van der Waals surface area (Å²) in [5.74, 6) is 1.12. The second kappa shape index (κ2) is 4.31. The highest BCUT2D eigenvalue weighted by Gasteiger charge is 2.29. The minimum absolute atomic E-state index is 0.408. The quantitative estimate of drug-likeness (QED) is 0.760. The molecule has 0 radical (unpaired) electrons. The zero-order valence-corrected chi connectivity index (χ0v) is 9.85. The topological polar surface area (TPSA) is 34.0 Å². The van der Waals surface area contributed by atoms with Gasteiger partial charge < -0.3 is 4.57 Å². The van der Waals surface area contributed by atoms with Gasteiger partial charge in [0.25, 0.3) is 0 Å². The average molecular weight is 208 g/mol. The van der Waals surface area contributed by atoms with Crippen molar-refractivity contribution in [2.45, 2.75) is 52.2 Å². The van der Waals surface area contributed by atoms with Crippen molar-refractivity contribution in [3.63, 3.8) is 0 Å². The van der Waals surface area contributed by atoms with Gasteiger partial charge in [-0.3, -0.25) is 4.90 Å². The third kappa shape index (κ3) is 1.78. The highest BCUT2D eigenvalue weighted by atomic mass is 15.3. The predicted octanol–water partition coefficient (Wildman–Crippen LogP) is 1.84. The van der Waals surface area contributed by atoms with Gasteiger partial charge in [0.15, 0.2) is 0 Å². The molecule has 84 valence electrons. The normalized spacial score (nSPS) is 22.0. The van der Waals surface area contributed by atoms with Gasteiger partial charge in [0.1, 0.15) is 12.2 Å². The van der Waals surface area contributed by atoms with Crippen molar-refractivity contribution >= 4 is 0 Å². The highest BCUT2D eigenvalue weighted by Crippen LogP contribution is 2.26. The largest absolute Gasteiger partial charge is 0.315 e. The molecule has 1 aliphatic heterocycles. The molecular formula is C11H20N4. The molecule has 0 aliphatic carbocycles. The lowest BCUT2D eigenvalue weighted by atomic mass is 10.1. The predicted molar refractivity (Wildman–Crippen MR) is 59.5 cm³/mol. The van der Waals surface area contributed by atoms with E-state index in [2.05, 4.69) is 40.4 Å². The third-order valence-corrected chi connectivity index (χ3v) is 3.53. The summed E-state index contributed by atoms with van der Waals surface area (Å²) in [7, 11) is 0. The molecule has 0 bridgehead atoms. The van der Waals surface area contributed by atoms with Crippen LogP contribution in [-0.2, 0) is 6.54 Å². The Hall–Kier alpha value is -0.900. The summed E-state index contributed by atoms with van der Waals surface area (Å²) in [4.78, 5) is 2.56. The van der Waals surface area contributed by atoms with Crippen molar-refractivity contribution in [3.05, 3.63) is 12.2 Å². The number of hydrogen-bond acceptors (Lipinski definition) is 3. The summed E-state index contributed by atoms with van der Waals surface area (Å²) in [6, 6.07) is 1.09. The number of rotatable bonds is 3. The minimum Gasteiger partial charge on any atom is -0.315 e. The van der Waals surface area contributed by atoms with Crippen molar-refractivity contribution in [3.8, 4) is 0 Å². The molecular weight excluding hydrogens is 188 g/mol. The van der Waals surface area contributed by atoms with E-state index in [1.165, 1.54) is 12.8 Å². The maximum atomic E-state index is 4.21. The van der Waals surface area contributed by atoms with E-state index in [-0.39, 0.29) is 0 Å². The molecule has 1 aromatic heterocycles. The maximum absolute atomic E-state index is 4.21. The summed E-state index contributed by atoms with van der Waals surface area (Å²) < 4.78 is 2.17. The molecule has 1 aromatic rings. The summed E-state index contributed by atoms with van der Waals surface area (Å²) in [6.07, 6.45) is 4.28. The van der Waals surface area contributed by atoms with Crippen molar-refractivity contribution in [1.82, 2.24) is 19.7 Å². The number of hydrogen-bond donors (Lipinski definition) is 0. The van der Waals surface area contributed by atoms with E-state index >= 15 is 0 Å². The zero-order chi connectivity index (χ0) is 10.8. The molecule has 0 saturated carbocycles. The standard InChI is InChI=1S/C11H20N4/c1-4-10(5-2)15-7-6-14-8-12-13-11(14)9(15)3/h8-10H,4-7H2,1-3H3. The lowest BCUT2D eigenvalue weighted by Gasteiger charge is -2.38. The van der Waals surface area contributed by atoms with Crippen LogP contribution in [0.2, 0.25) is 0 Å². The molecule has 0 amide bonds. The van der Waals surface area contributed by atoms with Crippen LogP contribution in [0.3, 0.4) is 0 Å². The first kappa shape index (κ1) is 10.6. The Balaban J connectivity index is 2.18. The van der Waals surface area contributed by atoms with Gasteiger partial charge in [-0.15, -0.1) is 10.2 Å². The van der Waals surface area contributed by atoms with Crippen LogP contribution in [0.1, 0.15) is 45.5 Å². The summed E-state index contributed by atoms with van der Waals surface area (Å²) >= 11 is 0. The van der Waals surface area contributed by atoms with E-state index in [0.29, 0.717) is 12.1 Å². The van der Waals surface area contributed by atoms with Gasteiger partial charge in [-0.05, 0) is 19.8 Å². The molecule has 2 rings (SSSR count). The van der Waals surface area contributed by atoms with Gasteiger partial charge in [-0.2, -0.15) is 0 Å². The maximum Gasteiger partial charge on any atom is 0.149 e. The average Bonchev–Trinajstić information content (AvgIpc) is 2.71. The van der Waals surface area contributed by atoms with Crippen LogP contribution in [0.5, 0.6) is 0 Å². The molecule has 1 atom stereocenters. The molecule has 0 aromatic carbocycles. The molecule has 0 spiro atoms. The smallest absolute Gasteiger partial charge is 0.149 e. The molecule has 1 aliphatic rings. The molecule has 15 heavy (non-hydrogen) atoms. The SMILES string of the molecule is CCC(CC)N1CCn2cnnc2C1C. The van der Waals surface area contributed by atoms with Crippen LogP contribution in [0, 0.1) is 0 Å². The van der Waals surface area contributed by atoms with Crippen molar-refractivity contribution < 1.29 is 0 Å². The van der Waals surface area contributed by atoms with Gasteiger partial charge in [-0.1, -0.05) is 13.8 Å². The van der Waals surface area contributed by atoms with Crippen molar-refractivity contribution in [1.29, 1.82) is 0 Å². The van der Waals surface area contributed by atoms with E-state index < -0.39 is 0 Å². The van der Waals surface area contributed by atoms with Crippen LogP contribution in [0.25, 0.3) is 0 Å². The van der Waals surface area contributed by atoms with Gasteiger partial charge in [0.05, 0.1) is 6.04 Å². The molecule has 4 heteroatoms. The molecule has 1 unspecified atom stereocenters. The van der Waals surface area contributed by atoms with E-state index in [1.54, 1.807) is 0 Å². The van der Waals surface area contributed by atoms with Crippen molar-refractivity contribution in [2.75, 3.05) is 6.54 Å².